The lowest BCUT2D eigenvalue weighted by atomic mass is 9.75. The normalized spacial score (nSPS) is 24.5. The number of ether oxygens (including phenoxy) is 2. The molecule has 1 aromatic heterocycles. The van der Waals surface area contributed by atoms with E-state index in [0.29, 0.717) is 30.3 Å². The minimum atomic E-state index is -0.752. The third kappa shape index (κ3) is 5.23. The van der Waals surface area contributed by atoms with Crippen molar-refractivity contribution in [3.63, 3.8) is 0 Å². The Kier molecular flexibility index (Phi) is 7.76. The van der Waals surface area contributed by atoms with E-state index in [4.69, 9.17) is 14.0 Å². The van der Waals surface area contributed by atoms with Crippen LogP contribution in [0.25, 0.3) is 11.4 Å². The Labute approximate surface area is 193 Å². The molecule has 176 valence electrons. The smallest absolute Gasteiger partial charge is 0.227 e. The molecule has 0 unspecified atom stereocenters. The van der Waals surface area contributed by atoms with Gasteiger partial charge >= 0.3 is 0 Å². The molecule has 2 fully saturated rings. The molecule has 32 heavy (non-hydrogen) atoms. The zero-order valence-corrected chi connectivity index (χ0v) is 19.2. The summed E-state index contributed by atoms with van der Waals surface area (Å²) in [5.41, 5.74) is -0.290. The van der Waals surface area contributed by atoms with Crippen molar-refractivity contribution in [3.05, 3.63) is 30.2 Å². The second kappa shape index (κ2) is 10.2. The predicted octanol–water partition coefficient (Wildman–Crippen LogP) is 1.88. The van der Waals surface area contributed by atoms with E-state index < -0.39 is 11.6 Å². The van der Waals surface area contributed by atoms with Crippen molar-refractivity contribution >= 4 is 18.3 Å². The molecule has 2 aromatic rings. The van der Waals surface area contributed by atoms with Crippen LogP contribution in [0.5, 0.6) is 5.75 Å². The Morgan fingerprint density at radius 3 is 2.84 bits per heavy atom. The van der Waals surface area contributed by atoms with Crippen LogP contribution in [-0.4, -0.2) is 65.2 Å². The van der Waals surface area contributed by atoms with Gasteiger partial charge in [-0.15, -0.1) is 12.4 Å². The molecule has 2 aliphatic heterocycles. The number of carbonyl (C=O) groups excluding carboxylic acids is 1. The Balaban J connectivity index is 0.00000289. The summed E-state index contributed by atoms with van der Waals surface area (Å²) in [5, 5.41) is 20.9. The average molecular weight is 467 g/mol. The first-order chi connectivity index (χ1) is 14.9. The summed E-state index contributed by atoms with van der Waals surface area (Å²) in [7, 11) is 1.59. The number of carbonyl (C=O) groups is 1. The summed E-state index contributed by atoms with van der Waals surface area (Å²) in [5.74, 6) is 1.29. The van der Waals surface area contributed by atoms with Crippen LogP contribution in [0.3, 0.4) is 0 Å². The Hall–Kier alpha value is -2.20. The molecule has 9 nitrogen and oxygen atoms in total. The highest BCUT2D eigenvalue weighted by atomic mass is 35.5. The molecule has 1 spiro atoms. The quantitative estimate of drug-likeness (QED) is 0.590. The molecule has 3 N–H and O–H groups in total. The first-order valence-corrected chi connectivity index (χ1v) is 10.7. The van der Waals surface area contributed by atoms with Gasteiger partial charge in [0.1, 0.15) is 11.9 Å². The fourth-order valence-electron chi connectivity index (χ4n) is 4.51. The van der Waals surface area contributed by atoms with Gasteiger partial charge in [-0.25, -0.2) is 0 Å². The maximum atomic E-state index is 12.7. The first kappa shape index (κ1) is 24.4. The number of aryl methyl sites for hydroxylation is 1. The average Bonchev–Trinajstić information content (AvgIpc) is 3.25. The Bertz CT molecular complexity index is 917. The number of aliphatic hydroxyl groups excluding tert-OH is 1. The molecular weight excluding hydrogens is 436 g/mol. The van der Waals surface area contributed by atoms with Crippen molar-refractivity contribution in [3.8, 4) is 17.1 Å². The zero-order valence-electron chi connectivity index (χ0n) is 18.4. The summed E-state index contributed by atoms with van der Waals surface area (Å²) in [6.45, 7) is 3.88. The van der Waals surface area contributed by atoms with Crippen LogP contribution >= 0.6 is 12.4 Å². The number of nitrogens with one attached hydrogen (secondary N) is 2. The number of nitrogens with zero attached hydrogens (tertiary/aromatic N) is 2. The predicted molar refractivity (Wildman–Crippen MR) is 120 cm³/mol. The van der Waals surface area contributed by atoms with Crippen molar-refractivity contribution in [2.75, 3.05) is 26.8 Å². The number of halogens is 1. The van der Waals surface area contributed by atoms with Crippen molar-refractivity contribution in [1.82, 2.24) is 20.8 Å². The lowest BCUT2D eigenvalue weighted by Crippen LogP contribution is -2.65. The number of aromatic nitrogens is 2. The van der Waals surface area contributed by atoms with E-state index in [9.17, 15) is 9.90 Å². The molecule has 1 aromatic carbocycles. The molecule has 2 saturated heterocycles. The lowest BCUT2D eigenvalue weighted by Gasteiger charge is -2.50. The van der Waals surface area contributed by atoms with Crippen LogP contribution in [0.15, 0.2) is 28.8 Å². The van der Waals surface area contributed by atoms with Gasteiger partial charge in [-0.2, -0.15) is 4.98 Å². The third-order valence-electron chi connectivity index (χ3n) is 6.29. The standard InChI is InChI=1S/C22H30N4O5.ClH/c1-21(14-22(30-13-17(21)27)9-11-23-12-10-22)25-18(28)7-8-19-24-20(26-31-19)15-5-3-4-6-16(15)29-2;/h3-6,17,23,27H,7-14H2,1-2H3,(H,25,28);1H/t17-,21-;/m0./s1. The molecule has 2 atom stereocenters. The number of hydrogen-bond acceptors (Lipinski definition) is 8. The molecule has 4 rings (SSSR count). The minimum Gasteiger partial charge on any atom is -0.496 e. The van der Waals surface area contributed by atoms with Crippen LogP contribution in [0, 0.1) is 0 Å². The van der Waals surface area contributed by atoms with Gasteiger partial charge < -0.3 is 29.7 Å². The van der Waals surface area contributed by atoms with Gasteiger partial charge in [0.15, 0.2) is 0 Å². The molecule has 1 amide bonds. The summed E-state index contributed by atoms with van der Waals surface area (Å²) in [4.78, 5) is 17.1. The van der Waals surface area contributed by atoms with E-state index in [2.05, 4.69) is 20.8 Å². The summed E-state index contributed by atoms with van der Waals surface area (Å²) < 4.78 is 16.7. The van der Waals surface area contributed by atoms with E-state index in [1.807, 2.05) is 31.2 Å². The molecule has 0 bridgehead atoms. The van der Waals surface area contributed by atoms with Crippen molar-refractivity contribution in [2.24, 2.45) is 0 Å². The van der Waals surface area contributed by atoms with Crippen molar-refractivity contribution < 1.29 is 23.9 Å². The van der Waals surface area contributed by atoms with Crippen molar-refractivity contribution in [1.29, 1.82) is 0 Å². The minimum absolute atomic E-state index is 0. The second-order valence-corrected chi connectivity index (χ2v) is 8.61. The van der Waals surface area contributed by atoms with E-state index in [-0.39, 0.29) is 36.9 Å². The molecule has 0 saturated carbocycles. The number of hydrogen-bond donors (Lipinski definition) is 3. The van der Waals surface area contributed by atoms with Gasteiger partial charge in [0, 0.05) is 19.3 Å². The van der Waals surface area contributed by atoms with Crippen LogP contribution < -0.4 is 15.4 Å². The molecule has 3 heterocycles. The van der Waals surface area contributed by atoms with Gasteiger partial charge in [-0.1, -0.05) is 17.3 Å². The number of amides is 1. The van der Waals surface area contributed by atoms with E-state index in [0.717, 1.165) is 31.5 Å². The van der Waals surface area contributed by atoms with Crippen LogP contribution in [-0.2, 0) is 16.0 Å². The molecule has 2 aliphatic rings. The van der Waals surface area contributed by atoms with Crippen molar-refractivity contribution in [2.45, 2.75) is 56.3 Å². The fraction of sp³-hybridized carbons (Fsp3) is 0.591. The number of benzene rings is 1. The first-order valence-electron chi connectivity index (χ1n) is 10.7. The second-order valence-electron chi connectivity index (χ2n) is 8.61. The summed E-state index contributed by atoms with van der Waals surface area (Å²) >= 11 is 0. The van der Waals surface area contributed by atoms with Gasteiger partial charge in [0.05, 0.1) is 30.4 Å². The zero-order chi connectivity index (χ0) is 21.9. The lowest BCUT2D eigenvalue weighted by molar-refractivity contribution is -0.174. The number of aliphatic hydroxyl groups is 1. The number of piperidine rings is 1. The van der Waals surface area contributed by atoms with Crippen LogP contribution in [0.4, 0.5) is 0 Å². The van der Waals surface area contributed by atoms with Crippen LogP contribution in [0.1, 0.15) is 38.5 Å². The summed E-state index contributed by atoms with van der Waals surface area (Å²) in [6.07, 6.45) is 2.08. The number of rotatable bonds is 6. The Morgan fingerprint density at radius 1 is 1.34 bits per heavy atom. The fourth-order valence-corrected chi connectivity index (χ4v) is 4.51. The van der Waals surface area contributed by atoms with E-state index >= 15 is 0 Å². The number of methoxy groups -OCH3 is 1. The molecule has 0 radical (unpaired) electrons. The largest absolute Gasteiger partial charge is 0.496 e. The van der Waals surface area contributed by atoms with Crippen LogP contribution in [0.2, 0.25) is 0 Å². The van der Waals surface area contributed by atoms with E-state index in [1.165, 1.54) is 0 Å². The van der Waals surface area contributed by atoms with Gasteiger partial charge in [0.25, 0.3) is 0 Å². The number of para-hydroxylation sites is 1. The highest BCUT2D eigenvalue weighted by Gasteiger charge is 2.49. The highest BCUT2D eigenvalue weighted by molar-refractivity contribution is 5.85. The summed E-state index contributed by atoms with van der Waals surface area (Å²) in [6, 6.07) is 7.42. The maximum absolute atomic E-state index is 12.7. The Morgan fingerprint density at radius 2 is 2.09 bits per heavy atom. The van der Waals surface area contributed by atoms with Gasteiger partial charge in [-0.3, -0.25) is 4.79 Å². The highest BCUT2D eigenvalue weighted by Crippen LogP contribution is 2.38. The SMILES string of the molecule is COc1ccccc1-c1noc(CCC(=O)N[C@@]2(C)CC3(CCNCC3)OC[C@@H]2O)n1.Cl. The molecular formula is C22H31ClN4O5. The molecule has 10 heteroatoms. The molecule has 0 aliphatic carbocycles. The van der Waals surface area contributed by atoms with Gasteiger partial charge in [0.2, 0.25) is 17.6 Å². The monoisotopic (exact) mass is 466 g/mol. The van der Waals surface area contributed by atoms with E-state index in [1.54, 1.807) is 7.11 Å². The third-order valence-corrected chi connectivity index (χ3v) is 6.29. The maximum Gasteiger partial charge on any atom is 0.227 e. The topological polar surface area (TPSA) is 119 Å². The van der Waals surface area contributed by atoms with Gasteiger partial charge in [-0.05, 0) is 45.0 Å².